The topological polar surface area (TPSA) is 102 Å². The third-order valence-electron chi connectivity index (χ3n) is 3.01. The van der Waals surface area contributed by atoms with Crippen LogP contribution < -0.4 is 15.2 Å². The maximum Gasteiger partial charge on any atom is 0.214 e. The highest BCUT2D eigenvalue weighted by atomic mass is 32.2. The molecule has 0 amide bonds. The second kappa shape index (κ2) is 8.86. The average molecular weight is 316 g/mol. The van der Waals surface area contributed by atoms with Crippen LogP contribution in [0, 0.1) is 5.92 Å². The van der Waals surface area contributed by atoms with Crippen molar-refractivity contribution in [1.29, 1.82) is 0 Å². The first-order chi connectivity index (χ1) is 9.93. The van der Waals surface area contributed by atoms with Crippen molar-refractivity contribution in [2.24, 2.45) is 5.92 Å². The van der Waals surface area contributed by atoms with E-state index in [1.54, 1.807) is 24.3 Å². The molecule has 1 atom stereocenters. The lowest BCUT2D eigenvalue weighted by Crippen LogP contribution is -2.30. The summed E-state index contributed by atoms with van der Waals surface area (Å²) in [4.78, 5) is 0. The number of hydrogen-bond donors (Lipinski definition) is 3. The van der Waals surface area contributed by atoms with Crippen molar-refractivity contribution in [3.63, 3.8) is 0 Å². The van der Waals surface area contributed by atoms with E-state index in [2.05, 4.69) is 4.72 Å². The van der Waals surface area contributed by atoms with Crippen LogP contribution in [0.15, 0.2) is 24.3 Å². The van der Waals surface area contributed by atoms with E-state index in [-0.39, 0.29) is 24.9 Å². The molecule has 0 aromatic heterocycles. The summed E-state index contributed by atoms with van der Waals surface area (Å²) in [6.07, 6.45) is 1.50. The quantitative estimate of drug-likeness (QED) is 0.441. The van der Waals surface area contributed by atoms with Gasteiger partial charge in [0.2, 0.25) is 10.0 Å². The number of nitrogens with two attached hydrogens (primary N) is 1. The summed E-state index contributed by atoms with van der Waals surface area (Å²) in [5, 5.41) is 8.87. The molecule has 0 aliphatic carbocycles. The van der Waals surface area contributed by atoms with Crippen LogP contribution in [-0.2, 0) is 10.0 Å². The summed E-state index contributed by atoms with van der Waals surface area (Å²) in [6, 6.07) is 6.80. The molecule has 0 saturated heterocycles. The van der Waals surface area contributed by atoms with E-state index in [9.17, 15) is 8.42 Å². The predicted molar refractivity (Wildman–Crippen MR) is 83.6 cm³/mol. The Kier molecular flexibility index (Phi) is 7.49. The number of nitrogens with one attached hydrogen (secondary N) is 1. The molecule has 7 heteroatoms. The monoisotopic (exact) mass is 316 g/mol. The molecule has 0 aliphatic heterocycles. The molecule has 0 heterocycles. The van der Waals surface area contributed by atoms with Crippen LogP contribution in [0.2, 0.25) is 0 Å². The van der Waals surface area contributed by atoms with E-state index in [4.69, 9.17) is 15.6 Å². The van der Waals surface area contributed by atoms with Gasteiger partial charge in [0.25, 0.3) is 0 Å². The average Bonchev–Trinajstić information content (AvgIpc) is 2.45. The number of nitrogen functional groups attached to an aromatic ring is 1. The Morgan fingerprint density at radius 2 is 2.00 bits per heavy atom. The van der Waals surface area contributed by atoms with Crippen LogP contribution in [0.4, 0.5) is 5.69 Å². The third kappa shape index (κ3) is 7.89. The Morgan fingerprint density at radius 1 is 1.33 bits per heavy atom. The van der Waals surface area contributed by atoms with Crippen molar-refractivity contribution in [3.8, 4) is 5.75 Å². The van der Waals surface area contributed by atoms with Gasteiger partial charge < -0.3 is 15.6 Å². The number of rotatable bonds is 10. The summed E-state index contributed by atoms with van der Waals surface area (Å²) in [7, 11) is -3.33. The summed E-state index contributed by atoms with van der Waals surface area (Å²) in [5.41, 5.74) is 6.18. The second-order valence-corrected chi connectivity index (χ2v) is 6.99. The fraction of sp³-hybridized carbons (Fsp3) is 0.571. The van der Waals surface area contributed by atoms with Gasteiger partial charge in [0, 0.05) is 18.8 Å². The minimum absolute atomic E-state index is 0.0896. The SMILES string of the molecule is CC(CO)CCCNS(=O)(=O)CCOc1ccc(N)cc1. The van der Waals surface area contributed by atoms with Gasteiger partial charge in [0.1, 0.15) is 12.4 Å². The summed E-state index contributed by atoms with van der Waals surface area (Å²) >= 11 is 0. The highest BCUT2D eigenvalue weighted by Crippen LogP contribution is 2.12. The number of aliphatic hydroxyl groups excluding tert-OH is 1. The van der Waals surface area contributed by atoms with Crippen LogP contribution in [0.5, 0.6) is 5.75 Å². The Morgan fingerprint density at radius 3 is 2.62 bits per heavy atom. The molecular formula is C14H24N2O4S. The van der Waals surface area contributed by atoms with E-state index < -0.39 is 10.0 Å². The first-order valence-electron chi connectivity index (χ1n) is 6.99. The molecule has 1 aromatic rings. The van der Waals surface area contributed by atoms with Crippen LogP contribution in [0.1, 0.15) is 19.8 Å². The molecular weight excluding hydrogens is 292 g/mol. The van der Waals surface area contributed by atoms with Crippen molar-refractivity contribution in [1.82, 2.24) is 4.72 Å². The first kappa shape index (κ1) is 17.7. The number of sulfonamides is 1. The van der Waals surface area contributed by atoms with Crippen molar-refractivity contribution in [3.05, 3.63) is 24.3 Å². The van der Waals surface area contributed by atoms with Crippen LogP contribution >= 0.6 is 0 Å². The Bertz CT molecular complexity index is 502. The molecule has 4 N–H and O–H groups in total. The predicted octanol–water partition coefficient (Wildman–Crippen LogP) is 0.976. The minimum Gasteiger partial charge on any atom is -0.492 e. The molecule has 1 unspecified atom stereocenters. The summed E-state index contributed by atoms with van der Waals surface area (Å²) < 4.78 is 31.3. The molecule has 1 rings (SSSR count). The Labute approximate surface area is 126 Å². The van der Waals surface area contributed by atoms with Crippen molar-refractivity contribution in [2.75, 3.05) is 31.2 Å². The highest BCUT2D eigenvalue weighted by Gasteiger charge is 2.10. The van der Waals surface area contributed by atoms with E-state index in [1.165, 1.54) is 0 Å². The zero-order valence-corrected chi connectivity index (χ0v) is 13.1. The van der Waals surface area contributed by atoms with Crippen LogP contribution in [0.3, 0.4) is 0 Å². The zero-order chi connectivity index (χ0) is 15.7. The van der Waals surface area contributed by atoms with Gasteiger partial charge in [-0.2, -0.15) is 0 Å². The molecule has 120 valence electrons. The maximum absolute atomic E-state index is 11.7. The molecule has 0 aliphatic rings. The molecule has 0 radical (unpaired) electrons. The molecule has 1 aromatic carbocycles. The molecule has 0 spiro atoms. The number of benzene rings is 1. The van der Waals surface area contributed by atoms with Gasteiger partial charge in [-0.25, -0.2) is 13.1 Å². The van der Waals surface area contributed by atoms with Gasteiger partial charge in [-0.05, 0) is 43.0 Å². The lowest BCUT2D eigenvalue weighted by molar-refractivity contribution is 0.228. The van der Waals surface area contributed by atoms with Crippen LogP contribution in [-0.4, -0.2) is 39.0 Å². The van der Waals surface area contributed by atoms with E-state index in [1.807, 2.05) is 6.92 Å². The largest absolute Gasteiger partial charge is 0.492 e. The van der Waals surface area contributed by atoms with E-state index in [0.717, 1.165) is 6.42 Å². The van der Waals surface area contributed by atoms with Crippen molar-refractivity contribution < 1.29 is 18.3 Å². The number of aliphatic hydroxyl groups is 1. The smallest absolute Gasteiger partial charge is 0.214 e. The van der Waals surface area contributed by atoms with Crippen molar-refractivity contribution in [2.45, 2.75) is 19.8 Å². The molecule has 6 nitrogen and oxygen atoms in total. The fourth-order valence-electron chi connectivity index (χ4n) is 1.67. The van der Waals surface area contributed by atoms with Crippen LogP contribution in [0.25, 0.3) is 0 Å². The number of hydrogen-bond acceptors (Lipinski definition) is 5. The molecule has 0 fully saturated rings. The summed E-state index contributed by atoms with van der Waals surface area (Å²) in [5.74, 6) is 0.701. The normalized spacial score (nSPS) is 13.0. The third-order valence-corrected chi connectivity index (χ3v) is 4.36. The van der Waals surface area contributed by atoms with E-state index >= 15 is 0 Å². The van der Waals surface area contributed by atoms with Gasteiger partial charge in [-0.3, -0.25) is 0 Å². The van der Waals surface area contributed by atoms with Gasteiger partial charge in [-0.1, -0.05) is 6.92 Å². The first-order valence-corrected chi connectivity index (χ1v) is 8.64. The standard InChI is InChI=1S/C14H24N2O4S/c1-12(11-17)3-2-8-16-21(18,19)10-9-20-14-6-4-13(15)5-7-14/h4-7,12,16-17H,2-3,8-11,15H2,1H3. The molecule has 0 saturated carbocycles. The van der Waals surface area contributed by atoms with Gasteiger partial charge in [0.15, 0.2) is 0 Å². The van der Waals surface area contributed by atoms with Gasteiger partial charge in [0.05, 0.1) is 5.75 Å². The van der Waals surface area contributed by atoms with Crippen molar-refractivity contribution >= 4 is 15.7 Å². The zero-order valence-electron chi connectivity index (χ0n) is 12.3. The lowest BCUT2D eigenvalue weighted by atomic mass is 10.1. The highest BCUT2D eigenvalue weighted by molar-refractivity contribution is 7.89. The summed E-state index contributed by atoms with van der Waals surface area (Å²) in [6.45, 7) is 2.53. The Hall–Kier alpha value is -1.31. The number of anilines is 1. The maximum atomic E-state index is 11.7. The number of ether oxygens (including phenoxy) is 1. The van der Waals surface area contributed by atoms with E-state index in [0.29, 0.717) is 24.4 Å². The van der Waals surface area contributed by atoms with Gasteiger partial charge in [-0.15, -0.1) is 0 Å². The molecule has 21 heavy (non-hydrogen) atoms. The fourth-order valence-corrected chi connectivity index (χ4v) is 2.58. The van der Waals surface area contributed by atoms with Gasteiger partial charge >= 0.3 is 0 Å². The lowest BCUT2D eigenvalue weighted by Gasteiger charge is -2.10. The second-order valence-electron chi connectivity index (χ2n) is 5.06. The minimum atomic E-state index is -3.33. The Balaban J connectivity index is 2.22. The molecule has 0 bridgehead atoms.